The molecule has 0 spiro atoms. The number of esters is 1. The van der Waals surface area contributed by atoms with Crippen molar-refractivity contribution < 1.29 is 27.9 Å². The summed E-state index contributed by atoms with van der Waals surface area (Å²) in [4.78, 5) is 12.6. The molecule has 2 heterocycles. The highest BCUT2D eigenvalue weighted by Crippen LogP contribution is 2.46. The van der Waals surface area contributed by atoms with E-state index in [9.17, 15) is 9.18 Å². The molecular formula is C19H19BrFN5O5. The lowest BCUT2D eigenvalue weighted by Crippen LogP contribution is -2.21. The normalized spacial score (nSPS) is 14.3. The lowest BCUT2D eigenvalue weighted by molar-refractivity contribution is -0.144. The monoisotopic (exact) mass is 495 g/mol. The fourth-order valence-electron chi connectivity index (χ4n) is 2.72. The Morgan fingerprint density at radius 2 is 2.10 bits per heavy atom. The molecule has 1 aliphatic rings. The predicted octanol–water partition coefficient (Wildman–Crippen LogP) is 3.03. The first-order valence-electron chi connectivity index (χ1n) is 9.57. The molecule has 0 N–H and O–H groups in total. The Kier molecular flexibility index (Phi) is 6.16. The van der Waals surface area contributed by atoms with Crippen LogP contribution in [0.1, 0.15) is 19.8 Å². The number of ether oxygens (including phenoxy) is 3. The van der Waals surface area contributed by atoms with E-state index in [0.29, 0.717) is 23.4 Å². The number of halogens is 2. The molecule has 0 unspecified atom stereocenters. The summed E-state index contributed by atoms with van der Waals surface area (Å²) in [5.74, 6) is 0.335. The maximum Gasteiger partial charge on any atom is 0.329 e. The van der Waals surface area contributed by atoms with Crippen LogP contribution in [0.2, 0.25) is 0 Å². The molecule has 0 atom stereocenters. The minimum atomic E-state index is -0.463. The minimum Gasteiger partial charge on any atom is -0.492 e. The number of rotatable bonds is 10. The van der Waals surface area contributed by atoms with Gasteiger partial charge in [0.2, 0.25) is 11.6 Å². The second-order valence-corrected chi connectivity index (χ2v) is 7.98. The third-order valence-electron chi connectivity index (χ3n) is 4.65. The molecule has 0 aliphatic heterocycles. The first-order chi connectivity index (χ1) is 15.0. The zero-order valence-electron chi connectivity index (χ0n) is 16.6. The van der Waals surface area contributed by atoms with E-state index in [0.717, 1.165) is 17.6 Å². The Morgan fingerprint density at radius 1 is 1.29 bits per heavy atom. The largest absolute Gasteiger partial charge is 0.492 e. The molecule has 12 heteroatoms. The fourth-order valence-corrected chi connectivity index (χ4v) is 3.08. The summed E-state index contributed by atoms with van der Waals surface area (Å²) in [7, 11) is 0. The molecule has 164 valence electrons. The topological polar surface area (TPSA) is 114 Å². The standard InChI is InChI=1S/C19H19BrFN5O5/c1-2-28-17(27)9-26-23-18(22-25-26)15-8-16(24-31-15)30-11-19(5-6-19)10-29-14-7-12(21)3-4-13(14)20/h3-4,7-8H,2,5-6,9-11H2,1H3. The van der Waals surface area contributed by atoms with Gasteiger partial charge in [-0.05, 0) is 58.2 Å². The molecule has 3 aromatic rings. The van der Waals surface area contributed by atoms with Crippen LogP contribution in [-0.2, 0) is 16.1 Å². The van der Waals surface area contributed by atoms with Crippen molar-refractivity contribution in [1.29, 1.82) is 0 Å². The van der Waals surface area contributed by atoms with Crippen molar-refractivity contribution in [1.82, 2.24) is 25.4 Å². The van der Waals surface area contributed by atoms with Crippen LogP contribution < -0.4 is 9.47 Å². The average molecular weight is 496 g/mol. The molecular weight excluding hydrogens is 477 g/mol. The summed E-state index contributed by atoms with van der Waals surface area (Å²) in [5.41, 5.74) is -0.161. The van der Waals surface area contributed by atoms with E-state index in [-0.39, 0.29) is 41.8 Å². The van der Waals surface area contributed by atoms with Gasteiger partial charge in [0, 0.05) is 11.5 Å². The summed E-state index contributed by atoms with van der Waals surface area (Å²) in [5, 5.41) is 15.6. The van der Waals surface area contributed by atoms with Crippen LogP contribution in [0.15, 0.2) is 33.3 Å². The quantitative estimate of drug-likeness (QED) is 0.391. The second-order valence-electron chi connectivity index (χ2n) is 7.13. The number of nitrogens with zero attached hydrogens (tertiary/aromatic N) is 5. The fraction of sp³-hybridized carbons (Fsp3) is 0.421. The van der Waals surface area contributed by atoms with Crippen molar-refractivity contribution in [3.63, 3.8) is 0 Å². The zero-order chi connectivity index (χ0) is 21.8. The molecule has 1 aromatic carbocycles. The predicted molar refractivity (Wildman–Crippen MR) is 107 cm³/mol. The summed E-state index contributed by atoms with van der Waals surface area (Å²) in [6, 6.07) is 5.85. The van der Waals surface area contributed by atoms with E-state index in [1.54, 1.807) is 19.1 Å². The molecule has 0 amide bonds. The zero-order valence-corrected chi connectivity index (χ0v) is 18.2. The second kappa shape index (κ2) is 9.00. The number of carbonyl (C=O) groups is 1. The number of tetrazole rings is 1. The number of carbonyl (C=O) groups excluding carboxylic acids is 1. The molecule has 2 aromatic heterocycles. The van der Waals surface area contributed by atoms with Gasteiger partial charge in [-0.15, -0.1) is 10.2 Å². The highest BCUT2D eigenvalue weighted by atomic mass is 79.9. The number of hydrogen-bond donors (Lipinski definition) is 0. The van der Waals surface area contributed by atoms with Crippen LogP contribution in [0.25, 0.3) is 11.6 Å². The van der Waals surface area contributed by atoms with Gasteiger partial charge in [0.05, 0.1) is 30.4 Å². The van der Waals surface area contributed by atoms with Crippen LogP contribution in [0.4, 0.5) is 4.39 Å². The van der Waals surface area contributed by atoms with Crippen LogP contribution in [-0.4, -0.2) is 51.2 Å². The molecule has 1 aliphatic carbocycles. The van der Waals surface area contributed by atoms with Gasteiger partial charge in [-0.2, -0.15) is 4.80 Å². The van der Waals surface area contributed by atoms with E-state index in [4.69, 9.17) is 18.7 Å². The van der Waals surface area contributed by atoms with Crippen LogP contribution in [0.5, 0.6) is 11.6 Å². The lowest BCUT2D eigenvalue weighted by Gasteiger charge is -2.16. The van der Waals surface area contributed by atoms with Crippen molar-refractivity contribution in [2.75, 3.05) is 19.8 Å². The van der Waals surface area contributed by atoms with E-state index >= 15 is 0 Å². The SMILES string of the molecule is CCOC(=O)Cn1nnc(-c2cc(OCC3(COc4cc(F)ccc4Br)CC3)no2)n1. The first-order valence-corrected chi connectivity index (χ1v) is 10.4. The molecule has 1 fully saturated rings. The minimum absolute atomic E-state index is 0.151. The summed E-state index contributed by atoms with van der Waals surface area (Å²) < 4.78 is 35.7. The van der Waals surface area contributed by atoms with E-state index in [1.807, 2.05) is 0 Å². The Bertz CT molecular complexity index is 1070. The van der Waals surface area contributed by atoms with Gasteiger partial charge in [0.1, 0.15) is 11.6 Å². The van der Waals surface area contributed by atoms with Gasteiger partial charge in [0.25, 0.3) is 5.88 Å². The maximum atomic E-state index is 13.4. The number of hydrogen-bond acceptors (Lipinski definition) is 9. The third kappa shape index (κ3) is 5.37. The average Bonchev–Trinajstić information content (AvgIpc) is 3.12. The van der Waals surface area contributed by atoms with Crippen molar-refractivity contribution in [3.8, 4) is 23.2 Å². The van der Waals surface area contributed by atoms with Crippen molar-refractivity contribution >= 4 is 21.9 Å². The third-order valence-corrected chi connectivity index (χ3v) is 5.30. The van der Waals surface area contributed by atoms with Crippen LogP contribution >= 0.6 is 15.9 Å². The number of benzene rings is 1. The lowest BCUT2D eigenvalue weighted by atomic mass is 10.1. The van der Waals surface area contributed by atoms with Gasteiger partial charge in [-0.25, -0.2) is 9.18 Å². The molecule has 4 rings (SSSR count). The smallest absolute Gasteiger partial charge is 0.329 e. The Morgan fingerprint density at radius 3 is 2.87 bits per heavy atom. The number of aromatic nitrogens is 5. The highest BCUT2D eigenvalue weighted by molar-refractivity contribution is 9.10. The summed E-state index contributed by atoms with van der Waals surface area (Å²) >= 11 is 3.35. The van der Waals surface area contributed by atoms with Gasteiger partial charge in [-0.1, -0.05) is 0 Å². The van der Waals surface area contributed by atoms with Gasteiger partial charge >= 0.3 is 5.97 Å². The van der Waals surface area contributed by atoms with Crippen LogP contribution in [0, 0.1) is 11.2 Å². The first kappa shape index (κ1) is 21.2. The molecule has 31 heavy (non-hydrogen) atoms. The van der Waals surface area contributed by atoms with E-state index in [2.05, 4.69) is 36.5 Å². The molecule has 0 radical (unpaired) electrons. The Hall–Kier alpha value is -3.02. The van der Waals surface area contributed by atoms with E-state index < -0.39 is 5.97 Å². The maximum absolute atomic E-state index is 13.4. The van der Waals surface area contributed by atoms with Gasteiger partial charge < -0.3 is 18.7 Å². The van der Waals surface area contributed by atoms with Crippen molar-refractivity contribution in [2.24, 2.45) is 5.41 Å². The molecule has 10 nitrogen and oxygen atoms in total. The van der Waals surface area contributed by atoms with Crippen LogP contribution in [0.3, 0.4) is 0 Å². The highest BCUT2D eigenvalue weighted by Gasteiger charge is 2.45. The molecule has 1 saturated carbocycles. The van der Waals surface area contributed by atoms with Gasteiger partial charge in [-0.3, -0.25) is 0 Å². The van der Waals surface area contributed by atoms with Crippen molar-refractivity contribution in [2.45, 2.75) is 26.3 Å². The van der Waals surface area contributed by atoms with Crippen molar-refractivity contribution in [3.05, 3.63) is 34.6 Å². The Labute approximate surface area is 184 Å². The Balaban J connectivity index is 1.31. The van der Waals surface area contributed by atoms with E-state index in [1.165, 1.54) is 12.1 Å². The summed E-state index contributed by atoms with van der Waals surface area (Å²) in [6.07, 6.45) is 1.85. The molecule has 0 saturated heterocycles. The summed E-state index contributed by atoms with van der Waals surface area (Å²) in [6.45, 7) is 2.60. The molecule has 0 bridgehead atoms. The van der Waals surface area contributed by atoms with Gasteiger partial charge in [0.15, 0.2) is 6.54 Å².